The Morgan fingerprint density at radius 2 is 2.23 bits per heavy atom. The third kappa shape index (κ3) is 4.00. The fourth-order valence-electron chi connectivity index (χ4n) is 2.60. The van der Waals surface area contributed by atoms with Crippen LogP contribution < -0.4 is 0 Å². The van der Waals surface area contributed by atoms with Gasteiger partial charge in [0.05, 0.1) is 37.0 Å². The quantitative estimate of drug-likeness (QED) is 0.471. The summed E-state index contributed by atoms with van der Waals surface area (Å²) in [6.45, 7) is 3.04. The highest BCUT2D eigenvalue weighted by Crippen LogP contribution is 2.26. The lowest BCUT2D eigenvalue weighted by atomic mass is 10.2. The molecule has 1 unspecified atom stereocenters. The second-order valence-electron chi connectivity index (χ2n) is 6.21. The molecule has 3 aromatic rings. The summed E-state index contributed by atoms with van der Waals surface area (Å²) in [5.74, 6) is 0. The topological polar surface area (TPSA) is 81.5 Å². The normalized spacial score (nSPS) is 12.4. The van der Waals surface area contributed by atoms with E-state index < -0.39 is 0 Å². The smallest absolute Gasteiger partial charge is 0.145 e. The van der Waals surface area contributed by atoms with Gasteiger partial charge in [0.15, 0.2) is 0 Å². The number of aromatic nitrogens is 5. The monoisotopic (exact) mass is 370 g/mol. The van der Waals surface area contributed by atoms with E-state index in [1.807, 2.05) is 30.0 Å². The number of fused-ring (bicyclic) bond motifs is 1. The molecule has 0 saturated carbocycles. The second-order valence-corrected chi connectivity index (χ2v) is 8.30. The van der Waals surface area contributed by atoms with Crippen molar-refractivity contribution in [2.24, 2.45) is 0 Å². The van der Waals surface area contributed by atoms with Crippen molar-refractivity contribution in [3.63, 3.8) is 0 Å². The summed E-state index contributed by atoms with van der Waals surface area (Å²) >= 11 is 0. The summed E-state index contributed by atoms with van der Waals surface area (Å²) in [6, 6.07) is 4.20. The molecule has 0 radical (unpaired) electrons. The van der Waals surface area contributed by atoms with Crippen LogP contribution in [0, 0.1) is 11.3 Å². The molecule has 0 spiro atoms. The Hall–Kier alpha value is -2.50. The molecule has 0 aliphatic heterocycles. The lowest BCUT2D eigenvalue weighted by Crippen LogP contribution is -2.04. The SMILES string of the molecule is CC(CC#N)n1cc(-c2ncnc3c2ccn3COCC=S(C)C)cn1. The van der Waals surface area contributed by atoms with Gasteiger partial charge in [-0.1, -0.05) is 0 Å². The highest BCUT2D eigenvalue weighted by molar-refractivity contribution is 8.13. The molecule has 1 atom stereocenters. The number of hydrogen-bond acceptors (Lipinski definition) is 5. The molecule has 7 nitrogen and oxygen atoms in total. The summed E-state index contributed by atoms with van der Waals surface area (Å²) in [6.07, 6.45) is 12.0. The average Bonchev–Trinajstić information content (AvgIpc) is 3.26. The van der Waals surface area contributed by atoms with Gasteiger partial charge in [0, 0.05) is 23.3 Å². The predicted octanol–water partition coefficient (Wildman–Crippen LogP) is 3.07. The molecule has 3 aromatic heterocycles. The standard InChI is InChI=1S/C18H22N6OS/c1-14(4-6-19)24-11-15(10-22-24)17-16-5-7-23(18(16)21-12-20-17)13-25-8-9-26(2)3/h5,7,9-12,14H,4,8,13H2,1-3H3. The van der Waals surface area contributed by atoms with Gasteiger partial charge < -0.3 is 9.30 Å². The molecule has 0 saturated heterocycles. The minimum absolute atomic E-state index is 0.0296. The molecule has 136 valence electrons. The van der Waals surface area contributed by atoms with E-state index >= 15 is 0 Å². The third-order valence-electron chi connectivity index (χ3n) is 4.02. The van der Waals surface area contributed by atoms with Crippen LogP contribution in [0.2, 0.25) is 0 Å². The van der Waals surface area contributed by atoms with Crippen LogP contribution in [0.3, 0.4) is 0 Å². The first-order valence-electron chi connectivity index (χ1n) is 8.29. The lowest BCUT2D eigenvalue weighted by molar-refractivity contribution is 0.114. The fraction of sp³-hybridized carbons (Fsp3) is 0.389. The maximum absolute atomic E-state index is 8.86. The van der Waals surface area contributed by atoms with Gasteiger partial charge in [0.1, 0.15) is 18.7 Å². The van der Waals surface area contributed by atoms with Crippen LogP contribution in [-0.2, 0) is 11.5 Å². The molecule has 3 rings (SSSR count). The van der Waals surface area contributed by atoms with E-state index in [2.05, 4.69) is 39.0 Å². The molecular weight excluding hydrogens is 348 g/mol. The van der Waals surface area contributed by atoms with Crippen molar-refractivity contribution < 1.29 is 4.74 Å². The van der Waals surface area contributed by atoms with E-state index in [0.29, 0.717) is 19.8 Å². The van der Waals surface area contributed by atoms with Crippen molar-refractivity contribution in [3.05, 3.63) is 31.0 Å². The maximum Gasteiger partial charge on any atom is 0.145 e. The van der Waals surface area contributed by atoms with Crippen molar-refractivity contribution in [2.75, 3.05) is 19.1 Å². The van der Waals surface area contributed by atoms with Crippen molar-refractivity contribution >= 4 is 26.9 Å². The van der Waals surface area contributed by atoms with Crippen molar-refractivity contribution in [1.29, 1.82) is 5.26 Å². The zero-order valence-electron chi connectivity index (χ0n) is 15.2. The molecule has 8 heteroatoms. The molecule has 0 N–H and O–H groups in total. The van der Waals surface area contributed by atoms with Crippen molar-refractivity contribution in [1.82, 2.24) is 24.3 Å². The molecule has 3 heterocycles. The molecule has 26 heavy (non-hydrogen) atoms. The number of ether oxygens (including phenoxy) is 1. The van der Waals surface area contributed by atoms with Gasteiger partial charge in [-0.3, -0.25) is 4.68 Å². The van der Waals surface area contributed by atoms with Gasteiger partial charge in [0.2, 0.25) is 0 Å². The Bertz CT molecular complexity index is 964. The van der Waals surface area contributed by atoms with Gasteiger partial charge in [-0.15, -0.1) is 0 Å². The molecule has 0 bridgehead atoms. The fourth-order valence-corrected chi connectivity index (χ4v) is 2.97. The first-order valence-corrected chi connectivity index (χ1v) is 10.4. The number of nitriles is 1. The Kier molecular flexibility index (Phi) is 5.81. The Morgan fingerprint density at radius 1 is 1.38 bits per heavy atom. The third-order valence-corrected chi connectivity index (χ3v) is 4.82. The van der Waals surface area contributed by atoms with E-state index in [9.17, 15) is 0 Å². The van der Waals surface area contributed by atoms with Crippen molar-refractivity contribution in [3.8, 4) is 17.3 Å². The lowest BCUT2D eigenvalue weighted by Gasteiger charge is -2.07. The van der Waals surface area contributed by atoms with Crippen molar-refractivity contribution in [2.45, 2.75) is 26.1 Å². The van der Waals surface area contributed by atoms with Gasteiger partial charge in [-0.05, 0) is 30.9 Å². The van der Waals surface area contributed by atoms with Gasteiger partial charge in [-0.2, -0.15) is 20.8 Å². The Morgan fingerprint density at radius 3 is 3.00 bits per heavy atom. The van der Waals surface area contributed by atoms with Gasteiger partial charge in [-0.25, -0.2) is 9.97 Å². The summed E-state index contributed by atoms with van der Waals surface area (Å²) < 4.78 is 9.49. The van der Waals surface area contributed by atoms with Crippen LogP contribution in [-0.4, -0.2) is 48.8 Å². The summed E-state index contributed by atoms with van der Waals surface area (Å²) in [5.41, 5.74) is 2.58. The molecule has 0 aromatic carbocycles. The van der Waals surface area contributed by atoms with Crippen LogP contribution in [0.5, 0.6) is 0 Å². The molecule has 0 aliphatic carbocycles. The summed E-state index contributed by atoms with van der Waals surface area (Å²) in [4.78, 5) is 8.85. The van der Waals surface area contributed by atoms with E-state index in [1.54, 1.807) is 17.2 Å². The highest BCUT2D eigenvalue weighted by Gasteiger charge is 2.13. The zero-order valence-corrected chi connectivity index (χ0v) is 16.0. The minimum Gasteiger partial charge on any atom is -0.356 e. The van der Waals surface area contributed by atoms with E-state index in [4.69, 9.17) is 10.00 Å². The van der Waals surface area contributed by atoms with E-state index in [-0.39, 0.29) is 16.5 Å². The van der Waals surface area contributed by atoms with E-state index in [0.717, 1.165) is 22.3 Å². The highest BCUT2D eigenvalue weighted by atomic mass is 32.2. The van der Waals surface area contributed by atoms with Crippen LogP contribution in [0.1, 0.15) is 19.4 Å². The van der Waals surface area contributed by atoms with Gasteiger partial charge >= 0.3 is 0 Å². The minimum atomic E-state index is 0.0296. The summed E-state index contributed by atoms with van der Waals surface area (Å²) in [7, 11) is 0.263. The van der Waals surface area contributed by atoms with Gasteiger partial charge in [0.25, 0.3) is 0 Å². The Balaban J connectivity index is 1.85. The first kappa shape index (κ1) is 18.3. The molecule has 0 aliphatic rings. The number of hydrogen-bond donors (Lipinski definition) is 0. The predicted molar refractivity (Wildman–Crippen MR) is 105 cm³/mol. The zero-order chi connectivity index (χ0) is 18.5. The summed E-state index contributed by atoms with van der Waals surface area (Å²) in [5, 5.41) is 16.3. The van der Waals surface area contributed by atoms with Crippen LogP contribution >= 0.6 is 10.5 Å². The number of rotatable bonds is 7. The van der Waals surface area contributed by atoms with Crippen LogP contribution in [0.4, 0.5) is 0 Å². The van der Waals surface area contributed by atoms with Crippen LogP contribution in [0.15, 0.2) is 31.0 Å². The molecule has 0 fully saturated rings. The Labute approximate surface area is 155 Å². The largest absolute Gasteiger partial charge is 0.356 e. The first-order chi connectivity index (χ1) is 12.6. The molecular formula is C18H22N6OS. The van der Waals surface area contributed by atoms with E-state index in [1.165, 1.54) is 0 Å². The van der Waals surface area contributed by atoms with Crippen LogP contribution in [0.25, 0.3) is 22.3 Å². The molecule has 0 amide bonds. The second kappa shape index (κ2) is 8.25. The number of nitrogens with zero attached hydrogens (tertiary/aromatic N) is 6. The maximum atomic E-state index is 8.86. The average molecular weight is 370 g/mol.